The summed E-state index contributed by atoms with van der Waals surface area (Å²) in [5, 5.41) is 8.58. The van der Waals surface area contributed by atoms with Gasteiger partial charge in [-0.15, -0.1) is 0 Å². The fourth-order valence-electron chi connectivity index (χ4n) is 1.99. The zero-order valence-electron chi connectivity index (χ0n) is 12.7. The molecule has 1 aromatic rings. The number of benzene rings is 1. The van der Waals surface area contributed by atoms with E-state index in [0.29, 0.717) is 13.0 Å². The molecule has 0 aliphatic rings. The molecule has 0 unspecified atom stereocenters. The van der Waals surface area contributed by atoms with E-state index in [1.807, 2.05) is 14.0 Å². The maximum Gasteiger partial charge on any atom is 0.303 e. The van der Waals surface area contributed by atoms with E-state index in [2.05, 4.69) is 30.0 Å². The molecule has 0 amide bonds. The number of ether oxygens (including phenoxy) is 1. The van der Waals surface area contributed by atoms with Gasteiger partial charge in [-0.05, 0) is 57.5 Å². The molecule has 0 aliphatic heterocycles. The van der Waals surface area contributed by atoms with Crippen LogP contribution in [-0.2, 0) is 4.79 Å². The van der Waals surface area contributed by atoms with Crippen molar-refractivity contribution in [2.75, 3.05) is 26.7 Å². The summed E-state index contributed by atoms with van der Waals surface area (Å²) >= 11 is 0. The van der Waals surface area contributed by atoms with Crippen molar-refractivity contribution in [1.82, 2.24) is 4.90 Å². The topological polar surface area (TPSA) is 49.8 Å². The van der Waals surface area contributed by atoms with Crippen LogP contribution < -0.4 is 4.74 Å². The third-order valence-electron chi connectivity index (χ3n) is 3.22. The molecule has 0 saturated carbocycles. The van der Waals surface area contributed by atoms with Gasteiger partial charge in [0.1, 0.15) is 5.75 Å². The van der Waals surface area contributed by atoms with Gasteiger partial charge in [-0.2, -0.15) is 0 Å². The van der Waals surface area contributed by atoms with Crippen molar-refractivity contribution in [2.24, 2.45) is 0 Å². The normalized spacial score (nSPS) is 10.8. The fourth-order valence-corrected chi connectivity index (χ4v) is 1.99. The van der Waals surface area contributed by atoms with Crippen molar-refractivity contribution in [3.8, 4) is 5.75 Å². The summed E-state index contributed by atoms with van der Waals surface area (Å²) < 4.78 is 5.79. The molecule has 0 saturated heterocycles. The first-order valence-electron chi connectivity index (χ1n) is 7.09. The van der Waals surface area contributed by atoms with Gasteiger partial charge in [0.05, 0.1) is 6.61 Å². The summed E-state index contributed by atoms with van der Waals surface area (Å²) in [6.45, 7) is 6.53. The molecule has 1 aromatic carbocycles. The van der Waals surface area contributed by atoms with Gasteiger partial charge in [0, 0.05) is 13.0 Å². The van der Waals surface area contributed by atoms with Crippen LogP contribution in [0.5, 0.6) is 5.75 Å². The standard InChI is InChI=1S/C16H25NO3/c1-13-7-8-14(2)15(12-13)20-11-5-10-17(3)9-4-6-16(18)19/h7-8,12H,4-6,9-11H2,1-3H3,(H,18,19). The summed E-state index contributed by atoms with van der Waals surface area (Å²) in [5.74, 6) is 0.232. The average Bonchev–Trinajstić information content (AvgIpc) is 2.38. The average molecular weight is 279 g/mol. The van der Waals surface area contributed by atoms with Crippen molar-refractivity contribution in [3.05, 3.63) is 29.3 Å². The second-order valence-corrected chi connectivity index (χ2v) is 5.27. The molecule has 20 heavy (non-hydrogen) atoms. The minimum atomic E-state index is -0.725. The van der Waals surface area contributed by atoms with Crippen molar-refractivity contribution in [1.29, 1.82) is 0 Å². The Kier molecular flexibility index (Phi) is 7.09. The van der Waals surface area contributed by atoms with Crippen molar-refractivity contribution >= 4 is 5.97 Å². The number of carboxylic acid groups (broad SMARTS) is 1. The molecular formula is C16H25NO3. The quantitative estimate of drug-likeness (QED) is 0.706. The minimum Gasteiger partial charge on any atom is -0.493 e. The molecule has 1 N–H and O–H groups in total. The zero-order chi connectivity index (χ0) is 15.0. The van der Waals surface area contributed by atoms with Crippen LogP contribution in [0.25, 0.3) is 0 Å². The second-order valence-electron chi connectivity index (χ2n) is 5.27. The van der Waals surface area contributed by atoms with Crippen LogP contribution in [0, 0.1) is 13.8 Å². The monoisotopic (exact) mass is 279 g/mol. The highest BCUT2D eigenvalue weighted by Gasteiger charge is 2.03. The predicted molar refractivity (Wildman–Crippen MR) is 80.4 cm³/mol. The maximum absolute atomic E-state index is 10.4. The summed E-state index contributed by atoms with van der Waals surface area (Å²) in [6.07, 6.45) is 1.88. The molecule has 0 spiro atoms. The smallest absolute Gasteiger partial charge is 0.303 e. The SMILES string of the molecule is Cc1ccc(C)c(OCCCN(C)CCCC(=O)O)c1. The highest BCUT2D eigenvalue weighted by atomic mass is 16.5. The van der Waals surface area contributed by atoms with E-state index < -0.39 is 5.97 Å². The zero-order valence-corrected chi connectivity index (χ0v) is 12.7. The third-order valence-corrected chi connectivity index (χ3v) is 3.22. The first-order chi connectivity index (χ1) is 9.49. The molecule has 0 fully saturated rings. The molecule has 0 atom stereocenters. The molecule has 0 heterocycles. The summed E-state index contributed by atoms with van der Waals surface area (Å²) in [4.78, 5) is 12.6. The third kappa shape index (κ3) is 6.57. The molecule has 0 aliphatic carbocycles. The molecule has 1 rings (SSSR count). The number of rotatable bonds is 9. The van der Waals surface area contributed by atoms with Gasteiger partial charge < -0.3 is 14.7 Å². The van der Waals surface area contributed by atoms with Crippen molar-refractivity contribution in [3.63, 3.8) is 0 Å². The van der Waals surface area contributed by atoms with Gasteiger partial charge in [0.15, 0.2) is 0 Å². The highest BCUT2D eigenvalue weighted by Crippen LogP contribution is 2.19. The number of hydrogen-bond donors (Lipinski definition) is 1. The van der Waals surface area contributed by atoms with E-state index in [-0.39, 0.29) is 6.42 Å². The lowest BCUT2D eigenvalue weighted by Gasteiger charge is -2.16. The van der Waals surface area contributed by atoms with Crippen LogP contribution >= 0.6 is 0 Å². The van der Waals surface area contributed by atoms with Crippen LogP contribution in [0.4, 0.5) is 0 Å². The summed E-state index contributed by atoms with van der Waals surface area (Å²) in [7, 11) is 2.01. The summed E-state index contributed by atoms with van der Waals surface area (Å²) in [5.41, 5.74) is 2.36. The Bertz CT molecular complexity index is 432. The highest BCUT2D eigenvalue weighted by molar-refractivity contribution is 5.66. The minimum absolute atomic E-state index is 0.239. The van der Waals surface area contributed by atoms with Gasteiger partial charge in [0.25, 0.3) is 0 Å². The number of nitrogens with zero attached hydrogens (tertiary/aromatic N) is 1. The Morgan fingerprint density at radius 3 is 2.65 bits per heavy atom. The van der Waals surface area contributed by atoms with Crippen LogP contribution in [-0.4, -0.2) is 42.7 Å². The molecule has 0 radical (unpaired) electrons. The van der Waals surface area contributed by atoms with Gasteiger partial charge >= 0.3 is 5.97 Å². The fraction of sp³-hybridized carbons (Fsp3) is 0.562. The van der Waals surface area contributed by atoms with Crippen molar-refractivity contribution in [2.45, 2.75) is 33.1 Å². The second kappa shape index (κ2) is 8.59. The predicted octanol–water partition coefficient (Wildman–Crippen LogP) is 2.87. The maximum atomic E-state index is 10.4. The first-order valence-corrected chi connectivity index (χ1v) is 7.09. The van der Waals surface area contributed by atoms with Crippen LogP contribution in [0.3, 0.4) is 0 Å². The van der Waals surface area contributed by atoms with Gasteiger partial charge in [-0.25, -0.2) is 0 Å². The van der Waals surface area contributed by atoms with Gasteiger partial charge in [0.2, 0.25) is 0 Å². The molecule has 0 aromatic heterocycles. The number of carbonyl (C=O) groups is 1. The van der Waals surface area contributed by atoms with Crippen LogP contribution in [0.15, 0.2) is 18.2 Å². The largest absolute Gasteiger partial charge is 0.493 e. The van der Waals surface area contributed by atoms with E-state index in [1.165, 1.54) is 5.56 Å². The summed E-state index contributed by atoms with van der Waals surface area (Å²) in [6, 6.07) is 6.22. The Morgan fingerprint density at radius 1 is 1.25 bits per heavy atom. The van der Waals surface area contributed by atoms with Crippen molar-refractivity contribution < 1.29 is 14.6 Å². The van der Waals surface area contributed by atoms with E-state index >= 15 is 0 Å². The first kappa shape index (κ1) is 16.5. The Hall–Kier alpha value is -1.55. The number of hydrogen-bond acceptors (Lipinski definition) is 3. The lowest BCUT2D eigenvalue weighted by Crippen LogP contribution is -2.23. The van der Waals surface area contributed by atoms with E-state index in [1.54, 1.807) is 0 Å². The molecule has 4 heteroatoms. The lowest BCUT2D eigenvalue weighted by molar-refractivity contribution is -0.137. The number of aryl methyl sites for hydroxylation is 2. The van der Waals surface area contributed by atoms with Gasteiger partial charge in [-0.1, -0.05) is 12.1 Å². The Labute approximate surface area is 121 Å². The van der Waals surface area contributed by atoms with E-state index in [9.17, 15) is 4.79 Å². The molecular weight excluding hydrogens is 254 g/mol. The van der Waals surface area contributed by atoms with Crippen LogP contribution in [0.1, 0.15) is 30.4 Å². The van der Waals surface area contributed by atoms with Crippen LogP contribution in [0.2, 0.25) is 0 Å². The molecule has 112 valence electrons. The van der Waals surface area contributed by atoms with E-state index in [4.69, 9.17) is 9.84 Å². The number of carboxylic acids is 1. The molecule has 4 nitrogen and oxygen atoms in total. The number of aliphatic carboxylic acids is 1. The van der Waals surface area contributed by atoms with Gasteiger partial charge in [-0.3, -0.25) is 4.79 Å². The Balaban J connectivity index is 2.18. The Morgan fingerprint density at radius 2 is 1.95 bits per heavy atom. The van der Waals surface area contributed by atoms with E-state index in [0.717, 1.165) is 30.8 Å². The molecule has 0 bridgehead atoms. The lowest BCUT2D eigenvalue weighted by atomic mass is 10.1.